The number of benzene rings is 1. The van der Waals surface area contributed by atoms with Gasteiger partial charge in [-0.1, -0.05) is 25.5 Å². The SMILES string of the molecule is CCCc1c(NC(=O)[C@H]2OCCO[C@H]2C)cnn1-c1cccc(C)c1. The third-order valence-corrected chi connectivity index (χ3v) is 4.31. The van der Waals surface area contributed by atoms with Crippen molar-refractivity contribution in [2.75, 3.05) is 18.5 Å². The van der Waals surface area contributed by atoms with Crippen LogP contribution < -0.4 is 5.32 Å². The van der Waals surface area contributed by atoms with E-state index in [9.17, 15) is 4.79 Å². The molecule has 1 fully saturated rings. The van der Waals surface area contributed by atoms with Gasteiger partial charge >= 0.3 is 0 Å². The molecule has 2 heterocycles. The lowest BCUT2D eigenvalue weighted by molar-refractivity contribution is -0.157. The number of hydrogen-bond donors (Lipinski definition) is 1. The summed E-state index contributed by atoms with van der Waals surface area (Å²) in [6.45, 7) is 6.98. The topological polar surface area (TPSA) is 65.4 Å². The molecule has 1 amide bonds. The monoisotopic (exact) mass is 343 g/mol. The van der Waals surface area contributed by atoms with Crippen LogP contribution in [-0.4, -0.2) is 41.1 Å². The summed E-state index contributed by atoms with van der Waals surface area (Å²) in [5.74, 6) is -0.187. The summed E-state index contributed by atoms with van der Waals surface area (Å²) in [5, 5.41) is 7.47. The fourth-order valence-corrected chi connectivity index (χ4v) is 3.06. The number of anilines is 1. The van der Waals surface area contributed by atoms with Crippen LogP contribution in [0.25, 0.3) is 5.69 Å². The van der Waals surface area contributed by atoms with Crippen molar-refractivity contribution in [1.82, 2.24) is 9.78 Å². The van der Waals surface area contributed by atoms with Gasteiger partial charge in [0.15, 0.2) is 6.10 Å². The molecule has 1 aliphatic rings. The highest BCUT2D eigenvalue weighted by Gasteiger charge is 2.30. The Hall–Kier alpha value is -2.18. The van der Waals surface area contributed by atoms with Crippen molar-refractivity contribution in [3.05, 3.63) is 41.7 Å². The van der Waals surface area contributed by atoms with Gasteiger partial charge in [-0.25, -0.2) is 4.68 Å². The van der Waals surface area contributed by atoms with Crippen molar-refractivity contribution in [1.29, 1.82) is 0 Å². The van der Waals surface area contributed by atoms with Gasteiger partial charge in [-0.2, -0.15) is 5.10 Å². The first-order chi connectivity index (χ1) is 12.1. The molecule has 3 rings (SSSR count). The highest BCUT2D eigenvalue weighted by molar-refractivity contribution is 5.95. The quantitative estimate of drug-likeness (QED) is 0.907. The Balaban J connectivity index is 1.85. The second kappa shape index (κ2) is 7.80. The Morgan fingerprint density at radius 2 is 2.16 bits per heavy atom. The molecule has 1 N–H and O–H groups in total. The first-order valence-electron chi connectivity index (χ1n) is 8.78. The molecular formula is C19H25N3O3. The van der Waals surface area contributed by atoms with Crippen molar-refractivity contribution in [3.63, 3.8) is 0 Å². The van der Waals surface area contributed by atoms with E-state index in [-0.39, 0.29) is 12.0 Å². The number of carbonyl (C=O) groups is 1. The Bertz CT molecular complexity index is 741. The maximum Gasteiger partial charge on any atom is 0.256 e. The number of hydrogen-bond acceptors (Lipinski definition) is 4. The lowest BCUT2D eigenvalue weighted by Crippen LogP contribution is -2.44. The minimum atomic E-state index is -0.592. The summed E-state index contributed by atoms with van der Waals surface area (Å²) in [6.07, 6.45) is 2.64. The van der Waals surface area contributed by atoms with Crippen LogP contribution in [0.2, 0.25) is 0 Å². The molecule has 1 saturated heterocycles. The van der Waals surface area contributed by atoms with E-state index in [1.54, 1.807) is 6.20 Å². The van der Waals surface area contributed by atoms with Gasteiger partial charge < -0.3 is 14.8 Å². The molecule has 0 spiro atoms. The predicted molar refractivity (Wildman–Crippen MR) is 96.1 cm³/mol. The first kappa shape index (κ1) is 17.6. The minimum absolute atomic E-state index is 0.187. The zero-order chi connectivity index (χ0) is 17.8. The molecule has 0 saturated carbocycles. The maximum atomic E-state index is 12.6. The number of ether oxygens (including phenoxy) is 2. The average molecular weight is 343 g/mol. The highest BCUT2D eigenvalue weighted by Crippen LogP contribution is 2.23. The number of amides is 1. The van der Waals surface area contributed by atoms with Crippen molar-refractivity contribution < 1.29 is 14.3 Å². The summed E-state index contributed by atoms with van der Waals surface area (Å²) >= 11 is 0. The Labute approximate surface area is 148 Å². The molecule has 1 aliphatic heterocycles. The van der Waals surface area contributed by atoms with E-state index in [0.29, 0.717) is 13.2 Å². The van der Waals surface area contributed by atoms with E-state index in [2.05, 4.69) is 36.4 Å². The van der Waals surface area contributed by atoms with Crippen LogP contribution in [0, 0.1) is 6.92 Å². The summed E-state index contributed by atoms with van der Waals surface area (Å²) in [7, 11) is 0. The van der Waals surface area contributed by atoms with Gasteiger partial charge in [-0.3, -0.25) is 4.79 Å². The lowest BCUT2D eigenvalue weighted by Gasteiger charge is -2.28. The molecule has 0 unspecified atom stereocenters. The third-order valence-electron chi connectivity index (χ3n) is 4.31. The van der Waals surface area contributed by atoms with Crippen molar-refractivity contribution in [2.45, 2.75) is 45.8 Å². The lowest BCUT2D eigenvalue weighted by atomic mass is 10.1. The molecule has 1 aromatic carbocycles. The van der Waals surface area contributed by atoms with Crippen LogP contribution in [0.4, 0.5) is 5.69 Å². The standard InChI is InChI=1S/C19H25N3O3/c1-4-6-17-16(21-19(23)18-14(3)24-9-10-25-18)12-20-22(17)15-8-5-7-13(2)11-15/h5,7-8,11-12,14,18H,4,6,9-10H2,1-3H3,(H,21,23)/t14-,18-/m0/s1. The third kappa shape index (κ3) is 3.91. The molecule has 134 valence electrons. The fraction of sp³-hybridized carbons (Fsp3) is 0.474. The van der Waals surface area contributed by atoms with Gasteiger partial charge in [0.1, 0.15) is 0 Å². The van der Waals surface area contributed by atoms with Gasteiger partial charge in [0.25, 0.3) is 5.91 Å². The Morgan fingerprint density at radius 3 is 2.88 bits per heavy atom. The normalized spacial score (nSPS) is 20.4. The smallest absolute Gasteiger partial charge is 0.256 e. The number of nitrogens with zero attached hydrogens (tertiary/aromatic N) is 2. The molecule has 2 atom stereocenters. The molecule has 0 radical (unpaired) electrons. The molecule has 6 heteroatoms. The van der Waals surface area contributed by atoms with E-state index in [1.807, 2.05) is 23.7 Å². The highest BCUT2D eigenvalue weighted by atomic mass is 16.6. The second-order valence-corrected chi connectivity index (χ2v) is 6.36. The summed E-state index contributed by atoms with van der Waals surface area (Å²) in [4.78, 5) is 12.6. The van der Waals surface area contributed by atoms with Gasteiger partial charge in [-0.15, -0.1) is 0 Å². The fourth-order valence-electron chi connectivity index (χ4n) is 3.06. The summed E-state index contributed by atoms with van der Waals surface area (Å²) in [5.41, 5.74) is 3.89. The molecule has 2 aromatic rings. The largest absolute Gasteiger partial charge is 0.373 e. The number of nitrogens with one attached hydrogen (secondary N) is 1. The van der Waals surface area contributed by atoms with Crippen LogP contribution in [0.1, 0.15) is 31.5 Å². The Morgan fingerprint density at radius 1 is 1.36 bits per heavy atom. The minimum Gasteiger partial charge on any atom is -0.373 e. The van der Waals surface area contributed by atoms with Gasteiger partial charge in [0, 0.05) is 0 Å². The zero-order valence-corrected chi connectivity index (χ0v) is 15.0. The average Bonchev–Trinajstić information content (AvgIpc) is 2.98. The van der Waals surface area contributed by atoms with E-state index in [4.69, 9.17) is 9.47 Å². The predicted octanol–water partition coefficient (Wildman–Crippen LogP) is 2.88. The van der Waals surface area contributed by atoms with E-state index in [1.165, 1.54) is 5.56 Å². The van der Waals surface area contributed by atoms with Gasteiger partial charge in [-0.05, 0) is 38.0 Å². The number of aromatic nitrogens is 2. The van der Waals surface area contributed by atoms with Crippen molar-refractivity contribution in [2.24, 2.45) is 0 Å². The van der Waals surface area contributed by atoms with Crippen LogP contribution >= 0.6 is 0 Å². The van der Waals surface area contributed by atoms with E-state index >= 15 is 0 Å². The molecule has 0 aliphatic carbocycles. The number of rotatable bonds is 5. The van der Waals surface area contributed by atoms with Crippen molar-refractivity contribution in [3.8, 4) is 5.69 Å². The molecule has 25 heavy (non-hydrogen) atoms. The van der Waals surface area contributed by atoms with Gasteiger partial charge in [0.2, 0.25) is 0 Å². The van der Waals surface area contributed by atoms with Gasteiger partial charge in [0.05, 0.1) is 42.6 Å². The molecular weight excluding hydrogens is 318 g/mol. The Kier molecular flexibility index (Phi) is 5.50. The molecule has 1 aromatic heterocycles. The molecule has 0 bridgehead atoms. The van der Waals surface area contributed by atoms with Crippen LogP contribution in [0.3, 0.4) is 0 Å². The summed E-state index contributed by atoms with van der Waals surface area (Å²) < 4.78 is 13.0. The van der Waals surface area contributed by atoms with Crippen LogP contribution in [0.15, 0.2) is 30.5 Å². The number of carbonyl (C=O) groups excluding carboxylic acids is 1. The molecule has 6 nitrogen and oxygen atoms in total. The number of aryl methyl sites for hydroxylation is 1. The first-order valence-corrected chi connectivity index (χ1v) is 8.78. The second-order valence-electron chi connectivity index (χ2n) is 6.36. The zero-order valence-electron chi connectivity index (χ0n) is 15.0. The summed E-state index contributed by atoms with van der Waals surface area (Å²) in [6, 6.07) is 8.16. The van der Waals surface area contributed by atoms with E-state index in [0.717, 1.165) is 29.9 Å². The van der Waals surface area contributed by atoms with Crippen LogP contribution in [0.5, 0.6) is 0 Å². The van der Waals surface area contributed by atoms with Crippen LogP contribution in [-0.2, 0) is 20.7 Å². The maximum absolute atomic E-state index is 12.6. The van der Waals surface area contributed by atoms with E-state index < -0.39 is 6.10 Å². The van der Waals surface area contributed by atoms with Crippen molar-refractivity contribution >= 4 is 11.6 Å².